The number of rotatable bonds is 5. The lowest BCUT2D eigenvalue weighted by molar-refractivity contribution is -0.132. The summed E-state index contributed by atoms with van der Waals surface area (Å²) >= 11 is 0. The molecule has 0 unspecified atom stereocenters. The number of hydrogen-bond donors (Lipinski definition) is 0. The van der Waals surface area contributed by atoms with Gasteiger partial charge < -0.3 is 9.47 Å². The van der Waals surface area contributed by atoms with Gasteiger partial charge >= 0.3 is 6.18 Å². The predicted molar refractivity (Wildman–Crippen MR) is 58.2 cm³/mol. The fourth-order valence-electron chi connectivity index (χ4n) is 1.12. The van der Waals surface area contributed by atoms with Gasteiger partial charge in [0.15, 0.2) is 0 Å². The SMILES string of the molecule is CCO/C(=C\Oc1cccc(C=O)c1)C(F)(F)F. The number of alkyl halides is 3. The van der Waals surface area contributed by atoms with E-state index in [1.165, 1.54) is 31.2 Å². The molecule has 0 radical (unpaired) electrons. The van der Waals surface area contributed by atoms with Crippen LogP contribution in [-0.4, -0.2) is 19.1 Å². The van der Waals surface area contributed by atoms with E-state index in [1.54, 1.807) is 0 Å². The van der Waals surface area contributed by atoms with E-state index >= 15 is 0 Å². The first kappa shape index (κ1) is 14.1. The molecule has 1 rings (SSSR count). The fourth-order valence-corrected chi connectivity index (χ4v) is 1.12. The van der Waals surface area contributed by atoms with Crippen molar-refractivity contribution < 1.29 is 27.4 Å². The van der Waals surface area contributed by atoms with Crippen LogP contribution in [0.15, 0.2) is 36.3 Å². The molecule has 0 bridgehead atoms. The van der Waals surface area contributed by atoms with Crippen LogP contribution in [0.1, 0.15) is 17.3 Å². The summed E-state index contributed by atoms with van der Waals surface area (Å²) in [7, 11) is 0. The lowest BCUT2D eigenvalue weighted by Gasteiger charge is -2.11. The average Bonchev–Trinajstić information content (AvgIpc) is 2.33. The van der Waals surface area contributed by atoms with Crippen molar-refractivity contribution in [2.75, 3.05) is 6.61 Å². The van der Waals surface area contributed by atoms with E-state index in [0.717, 1.165) is 0 Å². The van der Waals surface area contributed by atoms with Gasteiger partial charge in [-0.25, -0.2) is 0 Å². The highest BCUT2D eigenvalue weighted by molar-refractivity contribution is 5.75. The Morgan fingerprint density at radius 3 is 2.67 bits per heavy atom. The standard InChI is InChI=1S/C12H11F3O3/c1-2-17-11(12(13,14)15)8-18-10-5-3-4-9(6-10)7-16/h3-8H,2H2,1H3/b11-8-. The van der Waals surface area contributed by atoms with Crippen molar-refractivity contribution in [1.82, 2.24) is 0 Å². The molecule has 0 saturated heterocycles. The Bertz CT molecular complexity index is 438. The monoisotopic (exact) mass is 260 g/mol. The number of ether oxygens (including phenoxy) is 2. The molecule has 18 heavy (non-hydrogen) atoms. The van der Waals surface area contributed by atoms with E-state index in [9.17, 15) is 18.0 Å². The first-order valence-electron chi connectivity index (χ1n) is 5.09. The molecule has 0 fully saturated rings. The third-order valence-corrected chi connectivity index (χ3v) is 1.88. The first-order valence-corrected chi connectivity index (χ1v) is 5.09. The summed E-state index contributed by atoms with van der Waals surface area (Å²) in [6.07, 6.45) is -3.56. The van der Waals surface area contributed by atoms with E-state index in [2.05, 4.69) is 4.74 Å². The molecular weight excluding hydrogens is 249 g/mol. The molecule has 0 aliphatic rings. The zero-order valence-electron chi connectivity index (χ0n) is 9.53. The van der Waals surface area contributed by atoms with E-state index < -0.39 is 11.9 Å². The lowest BCUT2D eigenvalue weighted by Crippen LogP contribution is -2.15. The van der Waals surface area contributed by atoms with Crippen LogP contribution in [0, 0.1) is 0 Å². The topological polar surface area (TPSA) is 35.5 Å². The Kier molecular flexibility index (Phi) is 4.76. The van der Waals surface area contributed by atoms with Gasteiger partial charge in [0.2, 0.25) is 5.76 Å². The van der Waals surface area contributed by atoms with Gasteiger partial charge in [0.1, 0.15) is 18.3 Å². The molecule has 0 aliphatic heterocycles. The number of hydrogen-bond acceptors (Lipinski definition) is 3. The Labute approximate surface area is 102 Å². The van der Waals surface area contributed by atoms with Crippen LogP contribution >= 0.6 is 0 Å². The van der Waals surface area contributed by atoms with Crippen molar-refractivity contribution in [3.63, 3.8) is 0 Å². The van der Waals surface area contributed by atoms with Gasteiger partial charge in [0.25, 0.3) is 0 Å². The molecule has 0 N–H and O–H groups in total. The third kappa shape index (κ3) is 4.12. The van der Waals surface area contributed by atoms with Gasteiger partial charge in [0, 0.05) is 5.56 Å². The highest BCUT2D eigenvalue weighted by Crippen LogP contribution is 2.26. The summed E-state index contributed by atoms with van der Waals surface area (Å²) in [5, 5.41) is 0. The second-order valence-electron chi connectivity index (χ2n) is 3.22. The number of aldehydes is 1. The van der Waals surface area contributed by atoms with E-state index in [-0.39, 0.29) is 12.4 Å². The summed E-state index contributed by atoms with van der Waals surface area (Å²) in [5.41, 5.74) is 0.311. The molecular formula is C12H11F3O3. The van der Waals surface area contributed by atoms with Gasteiger partial charge in [-0.2, -0.15) is 13.2 Å². The van der Waals surface area contributed by atoms with Crippen LogP contribution in [0.3, 0.4) is 0 Å². The number of carbonyl (C=O) groups is 1. The summed E-state index contributed by atoms with van der Waals surface area (Å²) in [5.74, 6) is -1.09. The normalized spacial score (nSPS) is 12.1. The van der Waals surface area contributed by atoms with E-state index in [0.29, 0.717) is 18.1 Å². The smallest absolute Gasteiger partial charge is 0.452 e. The Balaban J connectivity index is 2.84. The molecule has 0 saturated carbocycles. The average molecular weight is 260 g/mol. The number of allylic oxidation sites excluding steroid dienone is 1. The third-order valence-electron chi connectivity index (χ3n) is 1.88. The maximum atomic E-state index is 12.4. The minimum atomic E-state index is -4.61. The highest BCUT2D eigenvalue weighted by Gasteiger charge is 2.36. The van der Waals surface area contributed by atoms with Crippen molar-refractivity contribution in [1.29, 1.82) is 0 Å². The highest BCUT2D eigenvalue weighted by atomic mass is 19.4. The summed E-state index contributed by atoms with van der Waals surface area (Å²) < 4.78 is 46.5. The molecule has 0 heterocycles. The number of carbonyl (C=O) groups excluding carboxylic acids is 1. The van der Waals surface area contributed by atoms with E-state index in [4.69, 9.17) is 4.74 Å². The van der Waals surface area contributed by atoms with Crippen LogP contribution in [0.5, 0.6) is 5.75 Å². The van der Waals surface area contributed by atoms with Crippen LogP contribution in [-0.2, 0) is 4.74 Å². The molecule has 3 nitrogen and oxygen atoms in total. The molecule has 1 aromatic carbocycles. The second kappa shape index (κ2) is 6.09. The summed E-state index contributed by atoms with van der Waals surface area (Å²) in [6, 6.07) is 5.77. The summed E-state index contributed by atoms with van der Waals surface area (Å²) in [4.78, 5) is 10.5. The molecule has 1 aromatic rings. The van der Waals surface area contributed by atoms with Crippen LogP contribution < -0.4 is 4.74 Å². The molecule has 6 heteroatoms. The maximum absolute atomic E-state index is 12.4. The molecule has 0 aromatic heterocycles. The number of halogens is 3. The largest absolute Gasteiger partial charge is 0.487 e. The quantitative estimate of drug-likeness (QED) is 0.601. The Morgan fingerprint density at radius 1 is 1.39 bits per heavy atom. The maximum Gasteiger partial charge on any atom is 0.452 e. The van der Waals surface area contributed by atoms with Crippen molar-refractivity contribution in [2.24, 2.45) is 0 Å². The Morgan fingerprint density at radius 2 is 2.11 bits per heavy atom. The van der Waals surface area contributed by atoms with Crippen LogP contribution in [0.4, 0.5) is 13.2 Å². The summed E-state index contributed by atoms with van der Waals surface area (Å²) in [6.45, 7) is 1.32. The molecule has 98 valence electrons. The minimum absolute atomic E-state index is 0.122. The predicted octanol–water partition coefficient (Wildman–Crippen LogP) is 3.32. The fraction of sp³-hybridized carbons (Fsp3) is 0.250. The van der Waals surface area contributed by atoms with E-state index in [1.807, 2.05) is 0 Å². The van der Waals surface area contributed by atoms with Gasteiger partial charge in [-0.15, -0.1) is 0 Å². The van der Waals surface area contributed by atoms with Gasteiger partial charge in [-0.1, -0.05) is 12.1 Å². The minimum Gasteiger partial charge on any atom is -0.487 e. The molecule has 0 atom stereocenters. The molecule has 0 aliphatic carbocycles. The van der Waals surface area contributed by atoms with Crippen molar-refractivity contribution in [3.8, 4) is 5.75 Å². The van der Waals surface area contributed by atoms with Gasteiger partial charge in [-0.05, 0) is 19.1 Å². The van der Waals surface area contributed by atoms with Gasteiger partial charge in [-0.3, -0.25) is 4.79 Å². The first-order chi connectivity index (χ1) is 8.47. The lowest BCUT2D eigenvalue weighted by atomic mass is 10.2. The second-order valence-corrected chi connectivity index (χ2v) is 3.22. The molecule has 0 spiro atoms. The van der Waals surface area contributed by atoms with Crippen LogP contribution in [0.2, 0.25) is 0 Å². The zero-order chi connectivity index (χ0) is 13.6. The Hall–Kier alpha value is -1.98. The molecule has 0 amide bonds. The zero-order valence-corrected chi connectivity index (χ0v) is 9.53. The van der Waals surface area contributed by atoms with Crippen LogP contribution in [0.25, 0.3) is 0 Å². The number of benzene rings is 1. The van der Waals surface area contributed by atoms with Crippen molar-refractivity contribution in [3.05, 3.63) is 41.9 Å². The van der Waals surface area contributed by atoms with Crippen molar-refractivity contribution in [2.45, 2.75) is 13.1 Å². The van der Waals surface area contributed by atoms with Gasteiger partial charge in [0.05, 0.1) is 6.61 Å². The van der Waals surface area contributed by atoms with Crippen molar-refractivity contribution >= 4 is 6.29 Å².